The Kier molecular flexibility index (Phi) is 8.18. The fourth-order valence-corrected chi connectivity index (χ4v) is 4.47. The number of unbranched alkanes of at least 4 members (excludes halogenated alkanes) is 3. The van der Waals surface area contributed by atoms with E-state index in [4.69, 9.17) is 10.7 Å². The number of carbonyl (C=O) groups is 1. The number of H-pyrrole nitrogens is 1. The first-order valence-corrected chi connectivity index (χ1v) is 12.9. The Morgan fingerprint density at radius 1 is 0.973 bits per heavy atom. The number of nitrogen functional groups attached to an aromatic ring is 1. The fourth-order valence-electron chi connectivity index (χ4n) is 4.47. The number of para-hydroxylation sites is 1. The van der Waals surface area contributed by atoms with Crippen LogP contribution in [0.15, 0.2) is 70.3 Å². The lowest BCUT2D eigenvalue weighted by atomic mass is 10.0. The molecule has 8 nitrogen and oxygen atoms in total. The van der Waals surface area contributed by atoms with E-state index in [1.807, 2.05) is 61.5 Å². The molecule has 4 aromatic rings. The molecule has 2 aromatic heterocycles. The highest BCUT2D eigenvalue weighted by Gasteiger charge is 2.27. The minimum atomic E-state index is -0.665. The first-order valence-electron chi connectivity index (χ1n) is 12.9. The maximum atomic E-state index is 14.3. The Morgan fingerprint density at radius 3 is 2.41 bits per heavy atom. The van der Waals surface area contributed by atoms with E-state index in [1.165, 1.54) is 9.47 Å². The van der Waals surface area contributed by atoms with Gasteiger partial charge >= 0.3 is 5.69 Å². The number of amides is 1. The maximum Gasteiger partial charge on any atom is 0.330 e. The van der Waals surface area contributed by atoms with E-state index in [0.717, 1.165) is 31.2 Å². The third kappa shape index (κ3) is 5.48. The van der Waals surface area contributed by atoms with Crippen molar-refractivity contribution in [3.05, 3.63) is 87.1 Å². The van der Waals surface area contributed by atoms with Gasteiger partial charge in [-0.15, -0.1) is 0 Å². The SMILES string of the molecule is CCCCCN(C(=O)c1cc(-c2ccccc2)nc2ccccc12)c1c(N)n(CCCC)c(=O)[nH]c1=O. The summed E-state index contributed by atoms with van der Waals surface area (Å²) >= 11 is 0. The Hall–Kier alpha value is -4.20. The average molecular weight is 500 g/mol. The van der Waals surface area contributed by atoms with Gasteiger partial charge in [0, 0.05) is 24.0 Å². The summed E-state index contributed by atoms with van der Waals surface area (Å²) in [6.45, 7) is 4.73. The minimum absolute atomic E-state index is 0.00805. The van der Waals surface area contributed by atoms with Crippen molar-refractivity contribution >= 4 is 28.3 Å². The highest BCUT2D eigenvalue weighted by atomic mass is 16.2. The molecule has 0 atom stereocenters. The Morgan fingerprint density at radius 2 is 1.68 bits per heavy atom. The minimum Gasteiger partial charge on any atom is -0.383 e. The molecule has 0 saturated carbocycles. The zero-order valence-electron chi connectivity index (χ0n) is 21.4. The van der Waals surface area contributed by atoms with Crippen LogP contribution >= 0.6 is 0 Å². The number of nitrogens with one attached hydrogen (secondary N) is 1. The molecule has 0 spiro atoms. The molecule has 0 saturated heterocycles. The molecule has 0 unspecified atom stereocenters. The van der Waals surface area contributed by atoms with Crippen molar-refractivity contribution in [2.24, 2.45) is 0 Å². The van der Waals surface area contributed by atoms with Crippen molar-refractivity contribution in [1.29, 1.82) is 0 Å². The smallest absolute Gasteiger partial charge is 0.330 e. The summed E-state index contributed by atoms with van der Waals surface area (Å²) in [4.78, 5) is 48.5. The van der Waals surface area contributed by atoms with Gasteiger partial charge in [0.15, 0.2) is 5.69 Å². The second kappa shape index (κ2) is 11.7. The van der Waals surface area contributed by atoms with Gasteiger partial charge in [0.1, 0.15) is 5.82 Å². The first kappa shape index (κ1) is 25.9. The van der Waals surface area contributed by atoms with E-state index in [0.29, 0.717) is 41.7 Å². The van der Waals surface area contributed by atoms with Gasteiger partial charge < -0.3 is 10.6 Å². The first-order chi connectivity index (χ1) is 18.0. The summed E-state index contributed by atoms with van der Waals surface area (Å²) in [6.07, 6.45) is 4.08. The number of carbonyl (C=O) groups excluding carboxylic acids is 1. The van der Waals surface area contributed by atoms with Crippen LogP contribution in [0, 0.1) is 0 Å². The van der Waals surface area contributed by atoms with E-state index in [2.05, 4.69) is 11.9 Å². The number of hydrogen-bond donors (Lipinski definition) is 2. The number of aromatic amines is 1. The van der Waals surface area contributed by atoms with Crippen molar-refractivity contribution in [2.45, 2.75) is 52.5 Å². The van der Waals surface area contributed by atoms with Gasteiger partial charge in [-0.3, -0.25) is 19.1 Å². The van der Waals surface area contributed by atoms with Crippen LogP contribution in [0.5, 0.6) is 0 Å². The standard InChI is InChI=1S/C29H33N5O3/c1-3-5-12-18-33(25-26(30)34(17-6-4-2)29(37)32-27(25)35)28(36)22-19-24(20-13-8-7-9-14-20)31-23-16-11-10-15-21(22)23/h7-11,13-16,19H,3-6,12,17-18,30H2,1-2H3,(H,32,35,37). The number of benzene rings is 2. The maximum absolute atomic E-state index is 14.3. The number of hydrogen-bond acceptors (Lipinski definition) is 5. The van der Waals surface area contributed by atoms with Crippen LogP contribution in [-0.2, 0) is 6.54 Å². The van der Waals surface area contributed by atoms with E-state index in [1.54, 1.807) is 6.07 Å². The van der Waals surface area contributed by atoms with Crippen molar-refractivity contribution in [3.8, 4) is 11.3 Å². The highest BCUT2D eigenvalue weighted by molar-refractivity contribution is 6.14. The van der Waals surface area contributed by atoms with Crippen molar-refractivity contribution in [3.63, 3.8) is 0 Å². The van der Waals surface area contributed by atoms with Crippen LogP contribution in [0.3, 0.4) is 0 Å². The quantitative estimate of drug-likeness (QED) is 0.299. The van der Waals surface area contributed by atoms with Gasteiger partial charge in [0.05, 0.1) is 16.8 Å². The van der Waals surface area contributed by atoms with Crippen LogP contribution in [0.2, 0.25) is 0 Å². The zero-order valence-corrected chi connectivity index (χ0v) is 21.4. The molecular weight excluding hydrogens is 466 g/mol. The van der Waals surface area contributed by atoms with Crippen LogP contribution < -0.4 is 21.9 Å². The number of aromatic nitrogens is 3. The van der Waals surface area contributed by atoms with Gasteiger partial charge in [0.2, 0.25) is 0 Å². The van der Waals surface area contributed by atoms with Crippen LogP contribution in [0.25, 0.3) is 22.2 Å². The second-order valence-corrected chi connectivity index (χ2v) is 9.10. The molecule has 192 valence electrons. The molecule has 0 bridgehead atoms. The number of nitrogens with two attached hydrogens (primary N) is 1. The summed E-state index contributed by atoms with van der Waals surface area (Å²) in [5.41, 5.74) is 7.83. The largest absolute Gasteiger partial charge is 0.383 e. The molecule has 8 heteroatoms. The molecule has 0 radical (unpaired) electrons. The monoisotopic (exact) mass is 499 g/mol. The molecule has 0 fully saturated rings. The highest BCUT2D eigenvalue weighted by Crippen LogP contribution is 2.28. The average Bonchev–Trinajstić information content (AvgIpc) is 2.91. The van der Waals surface area contributed by atoms with Gasteiger partial charge in [-0.25, -0.2) is 9.78 Å². The lowest BCUT2D eigenvalue weighted by Gasteiger charge is -2.25. The molecule has 0 aliphatic heterocycles. The Bertz CT molecular complexity index is 1510. The van der Waals surface area contributed by atoms with Crippen molar-refractivity contribution in [1.82, 2.24) is 14.5 Å². The van der Waals surface area contributed by atoms with E-state index >= 15 is 0 Å². The molecule has 0 aliphatic rings. The molecule has 2 aromatic carbocycles. The van der Waals surface area contributed by atoms with E-state index < -0.39 is 11.2 Å². The van der Waals surface area contributed by atoms with Crippen LogP contribution in [0.4, 0.5) is 11.5 Å². The molecule has 2 heterocycles. The van der Waals surface area contributed by atoms with Gasteiger partial charge in [-0.1, -0.05) is 81.6 Å². The topological polar surface area (TPSA) is 114 Å². The Balaban J connectivity index is 1.90. The molecule has 1 amide bonds. The molecular formula is C29H33N5O3. The Labute approximate surface area is 215 Å². The number of rotatable bonds is 10. The van der Waals surface area contributed by atoms with Gasteiger partial charge in [0.25, 0.3) is 11.5 Å². The molecule has 37 heavy (non-hydrogen) atoms. The lowest BCUT2D eigenvalue weighted by Crippen LogP contribution is -2.41. The number of anilines is 2. The van der Waals surface area contributed by atoms with Crippen LogP contribution in [0.1, 0.15) is 56.3 Å². The number of fused-ring (bicyclic) bond motifs is 1. The van der Waals surface area contributed by atoms with Crippen molar-refractivity contribution in [2.75, 3.05) is 17.2 Å². The lowest BCUT2D eigenvalue weighted by molar-refractivity contribution is 0.0987. The summed E-state index contributed by atoms with van der Waals surface area (Å²) < 4.78 is 1.35. The predicted molar refractivity (Wildman–Crippen MR) is 149 cm³/mol. The fraction of sp³-hybridized carbons (Fsp3) is 0.310. The van der Waals surface area contributed by atoms with E-state index in [-0.39, 0.29) is 17.4 Å². The normalized spacial score (nSPS) is 11.1. The second-order valence-electron chi connectivity index (χ2n) is 9.10. The third-order valence-corrected chi connectivity index (χ3v) is 6.47. The zero-order chi connectivity index (χ0) is 26.4. The molecule has 4 rings (SSSR count). The van der Waals surface area contributed by atoms with E-state index in [9.17, 15) is 14.4 Å². The third-order valence-electron chi connectivity index (χ3n) is 6.47. The summed E-state index contributed by atoms with van der Waals surface area (Å²) in [7, 11) is 0. The molecule has 3 N–H and O–H groups in total. The van der Waals surface area contributed by atoms with Crippen LogP contribution in [-0.4, -0.2) is 27.0 Å². The predicted octanol–water partition coefficient (Wildman–Crippen LogP) is 4.97. The van der Waals surface area contributed by atoms with Gasteiger partial charge in [-0.2, -0.15) is 0 Å². The number of pyridine rings is 1. The summed E-state index contributed by atoms with van der Waals surface area (Å²) in [5, 5.41) is 0.682. The summed E-state index contributed by atoms with van der Waals surface area (Å²) in [6, 6.07) is 18.9. The summed E-state index contributed by atoms with van der Waals surface area (Å²) in [5.74, 6) is -0.349. The number of nitrogens with zero attached hydrogens (tertiary/aromatic N) is 3. The van der Waals surface area contributed by atoms with Gasteiger partial charge in [-0.05, 0) is 25.0 Å². The van der Waals surface area contributed by atoms with Crippen molar-refractivity contribution < 1.29 is 4.79 Å². The molecule has 0 aliphatic carbocycles.